The predicted molar refractivity (Wildman–Crippen MR) is 49.9 cm³/mol. The van der Waals surface area contributed by atoms with Crippen molar-refractivity contribution < 1.29 is 9.53 Å². The zero-order valence-electron chi connectivity index (χ0n) is 8.13. The molecule has 0 spiro atoms. The van der Waals surface area contributed by atoms with Crippen LogP contribution in [-0.4, -0.2) is 17.9 Å². The minimum Gasteiger partial charge on any atom is -0.481 e. The second-order valence-electron chi connectivity index (χ2n) is 3.03. The van der Waals surface area contributed by atoms with Crippen molar-refractivity contribution in [2.24, 2.45) is 0 Å². The molecular formula is C10H13NO2. The van der Waals surface area contributed by atoms with Crippen LogP contribution in [0.4, 0.5) is 0 Å². The number of hydrogen-bond donors (Lipinski definition) is 0. The summed E-state index contributed by atoms with van der Waals surface area (Å²) in [6, 6.07) is 1.83. The quantitative estimate of drug-likeness (QED) is 0.706. The smallest absolute Gasteiger partial charge is 0.213 e. The van der Waals surface area contributed by atoms with Gasteiger partial charge in [0.1, 0.15) is 5.78 Å². The van der Waals surface area contributed by atoms with Crippen molar-refractivity contribution in [2.45, 2.75) is 20.3 Å². The summed E-state index contributed by atoms with van der Waals surface area (Å²) in [5.74, 6) is 0.736. The first-order valence-electron chi connectivity index (χ1n) is 4.12. The van der Waals surface area contributed by atoms with Gasteiger partial charge in [-0.05, 0) is 25.0 Å². The first-order valence-corrected chi connectivity index (χ1v) is 4.12. The minimum absolute atomic E-state index is 0.148. The van der Waals surface area contributed by atoms with Crippen LogP contribution in [0.1, 0.15) is 18.1 Å². The number of hydrogen-bond acceptors (Lipinski definition) is 3. The number of methoxy groups -OCH3 is 1. The number of Topliss-reactive ketones (excluding diaryl/α,β-unsaturated/α-hetero) is 1. The van der Waals surface area contributed by atoms with E-state index < -0.39 is 0 Å². The van der Waals surface area contributed by atoms with Gasteiger partial charge >= 0.3 is 0 Å². The molecule has 0 unspecified atom stereocenters. The van der Waals surface area contributed by atoms with Crippen LogP contribution in [0.2, 0.25) is 0 Å². The van der Waals surface area contributed by atoms with E-state index in [0.717, 1.165) is 11.1 Å². The Hall–Kier alpha value is -1.38. The summed E-state index contributed by atoms with van der Waals surface area (Å²) in [6.45, 7) is 3.52. The standard InChI is InChI=1S/C10H13NO2/c1-7-4-10(13-3)11-6-9(7)5-8(2)12/h4,6H,5H2,1-3H3. The summed E-state index contributed by atoms with van der Waals surface area (Å²) >= 11 is 0. The summed E-state index contributed by atoms with van der Waals surface area (Å²) < 4.78 is 4.96. The Balaban J connectivity index is 2.91. The zero-order chi connectivity index (χ0) is 9.84. The molecule has 0 radical (unpaired) electrons. The number of ketones is 1. The molecule has 0 atom stereocenters. The van der Waals surface area contributed by atoms with Crippen molar-refractivity contribution in [2.75, 3.05) is 7.11 Å². The van der Waals surface area contributed by atoms with Gasteiger partial charge in [-0.15, -0.1) is 0 Å². The highest BCUT2D eigenvalue weighted by Crippen LogP contribution is 2.13. The van der Waals surface area contributed by atoms with E-state index in [2.05, 4.69) is 4.98 Å². The van der Waals surface area contributed by atoms with Gasteiger partial charge in [0, 0.05) is 18.7 Å². The van der Waals surface area contributed by atoms with Crippen LogP contribution in [0.3, 0.4) is 0 Å². The van der Waals surface area contributed by atoms with Gasteiger partial charge in [-0.1, -0.05) is 0 Å². The SMILES string of the molecule is COc1cc(C)c(CC(C)=O)cn1. The van der Waals surface area contributed by atoms with Crippen LogP contribution in [-0.2, 0) is 11.2 Å². The van der Waals surface area contributed by atoms with Crippen molar-refractivity contribution in [1.82, 2.24) is 4.98 Å². The van der Waals surface area contributed by atoms with E-state index in [4.69, 9.17) is 4.74 Å². The Kier molecular flexibility index (Phi) is 3.01. The average Bonchev–Trinajstić information content (AvgIpc) is 2.08. The lowest BCUT2D eigenvalue weighted by Crippen LogP contribution is -2.00. The largest absolute Gasteiger partial charge is 0.481 e. The van der Waals surface area contributed by atoms with Crippen molar-refractivity contribution in [3.63, 3.8) is 0 Å². The number of rotatable bonds is 3. The molecule has 0 fully saturated rings. The number of carbonyl (C=O) groups is 1. The van der Waals surface area contributed by atoms with E-state index in [-0.39, 0.29) is 5.78 Å². The Labute approximate surface area is 77.8 Å². The van der Waals surface area contributed by atoms with Crippen molar-refractivity contribution in [1.29, 1.82) is 0 Å². The van der Waals surface area contributed by atoms with Gasteiger partial charge in [0.25, 0.3) is 0 Å². The molecule has 0 saturated heterocycles. The summed E-state index contributed by atoms with van der Waals surface area (Å²) in [5, 5.41) is 0. The first kappa shape index (κ1) is 9.71. The van der Waals surface area contributed by atoms with E-state index in [0.29, 0.717) is 12.3 Å². The Morgan fingerprint density at radius 3 is 2.77 bits per heavy atom. The third kappa shape index (κ3) is 2.54. The van der Waals surface area contributed by atoms with Crippen LogP contribution in [0.25, 0.3) is 0 Å². The van der Waals surface area contributed by atoms with Crippen LogP contribution < -0.4 is 4.74 Å². The van der Waals surface area contributed by atoms with Crippen LogP contribution in [0.5, 0.6) is 5.88 Å². The molecule has 0 aliphatic carbocycles. The van der Waals surface area contributed by atoms with E-state index in [1.807, 2.05) is 13.0 Å². The molecule has 1 rings (SSSR count). The summed E-state index contributed by atoms with van der Waals surface area (Å²) in [4.78, 5) is 14.9. The topological polar surface area (TPSA) is 39.2 Å². The van der Waals surface area contributed by atoms with Crippen molar-refractivity contribution in [3.05, 3.63) is 23.4 Å². The number of nitrogens with zero attached hydrogens (tertiary/aromatic N) is 1. The molecule has 3 heteroatoms. The predicted octanol–water partition coefficient (Wildman–Crippen LogP) is 1.53. The molecule has 13 heavy (non-hydrogen) atoms. The Bertz CT molecular complexity index is 321. The second-order valence-corrected chi connectivity index (χ2v) is 3.03. The normalized spacial score (nSPS) is 9.77. The summed E-state index contributed by atoms with van der Waals surface area (Å²) in [6.07, 6.45) is 2.14. The molecule has 0 saturated carbocycles. The highest BCUT2D eigenvalue weighted by atomic mass is 16.5. The maximum Gasteiger partial charge on any atom is 0.213 e. The maximum atomic E-state index is 10.9. The highest BCUT2D eigenvalue weighted by Gasteiger charge is 2.03. The lowest BCUT2D eigenvalue weighted by atomic mass is 10.1. The monoisotopic (exact) mass is 179 g/mol. The fourth-order valence-corrected chi connectivity index (χ4v) is 1.12. The van der Waals surface area contributed by atoms with Crippen LogP contribution >= 0.6 is 0 Å². The molecule has 0 amide bonds. The number of aryl methyl sites for hydroxylation is 1. The van der Waals surface area contributed by atoms with Gasteiger partial charge in [0.05, 0.1) is 7.11 Å². The third-order valence-electron chi connectivity index (χ3n) is 1.84. The molecule has 0 aliphatic heterocycles. The fourth-order valence-electron chi connectivity index (χ4n) is 1.12. The third-order valence-corrected chi connectivity index (χ3v) is 1.84. The molecule has 0 aromatic carbocycles. The second kappa shape index (κ2) is 4.03. The molecule has 70 valence electrons. The number of pyridine rings is 1. The number of aromatic nitrogens is 1. The summed E-state index contributed by atoms with van der Waals surface area (Å²) in [7, 11) is 1.58. The first-order chi connectivity index (χ1) is 6.13. The molecule has 3 nitrogen and oxygen atoms in total. The van der Waals surface area contributed by atoms with Gasteiger partial charge in [-0.2, -0.15) is 0 Å². The molecule has 1 heterocycles. The van der Waals surface area contributed by atoms with Crippen molar-refractivity contribution in [3.8, 4) is 5.88 Å². The van der Waals surface area contributed by atoms with E-state index in [9.17, 15) is 4.79 Å². The zero-order valence-corrected chi connectivity index (χ0v) is 8.13. The van der Waals surface area contributed by atoms with Gasteiger partial charge < -0.3 is 4.74 Å². The highest BCUT2D eigenvalue weighted by molar-refractivity contribution is 5.78. The minimum atomic E-state index is 0.148. The Morgan fingerprint density at radius 2 is 2.31 bits per heavy atom. The van der Waals surface area contributed by atoms with Crippen LogP contribution in [0, 0.1) is 6.92 Å². The van der Waals surface area contributed by atoms with Gasteiger partial charge in [-0.25, -0.2) is 4.98 Å². The molecule has 1 aromatic rings. The summed E-state index contributed by atoms with van der Waals surface area (Å²) in [5.41, 5.74) is 2.01. The van der Waals surface area contributed by atoms with Gasteiger partial charge in [0.2, 0.25) is 5.88 Å². The molecular weight excluding hydrogens is 166 g/mol. The average molecular weight is 179 g/mol. The van der Waals surface area contributed by atoms with Crippen molar-refractivity contribution >= 4 is 5.78 Å². The molecule has 0 N–H and O–H groups in total. The molecule has 1 aromatic heterocycles. The van der Waals surface area contributed by atoms with Gasteiger partial charge in [0.15, 0.2) is 0 Å². The van der Waals surface area contributed by atoms with E-state index >= 15 is 0 Å². The maximum absolute atomic E-state index is 10.9. The number of carbonyl (C=O) groups excluding carboxylic acids is 1. The van der Waals surface area contributed by atoms with E-state index in [1.165, 1.54) is 0 Å². The Morgan fingerprint density at radius 1 is 1.62 bits per heavy atom. The fraction of sp³-hybridized carbons (Fsp3) is 0.400. The molecule has 0 aliphatic rings. The molecule has 0 bridgehead atoms. The van der Waals surface area contributed by atoms with Crippen LogP contribution in [0.15, 0.2) is 12.3 Å². The lowest BCUT2D eigenvalue weighted by molar-refractivity contribution is -0.116. The van der Waals surface area contributed by atoms with Gasteiger partial charge in [-0.3, -0.25) is 4.79 Å². The number of ether oxygens (including phenoxy) is 1. The van der Waals surface area contributed by atoms with E-state index in [1.54, 1.807) is 20.2 Å². The lowest BCUT2D eigenvalue weighted by Gasteiger charge is -2.04.